The second-order valence-corrected chi connectivity index (χ2v) is 3.63. The Morgan fingerprint density at radius 2 is 2.23 bits per heavy atom. The molecular formula is C9H8N2O2. The zero-order valence-electron chi connectivity index (χ0n) is 6.99. The Hall–Kier alpha value is -1.39. The van der Waals surface area contributed by atoms with E-state index in [1.165, 1.54) is 0 Å². The SMILES string of the molecule is N#CC(C#N)C(=O)C12COCC1C2. The lowest BCUT2D eigenvalue weighted by Gasteiger charge is -2.08. The van der Waals surface area contributed by atoms with Gasteiger partial charge in [0.25, 0.3) is 0 Å². The summed E-state index contributed by atoms with van der Waals surface area (Å²) in [5.74, 6) is -1.07. The lowest BCUT2D eigenvalue weighted by atomic mass is 9.91. The third-order valence-corrected chi connectivity index (χ3v) is 2.92. The van der Waals surface area contributed by atoms with E-state index in [9.17, 15) is 4.79 Å². The van der Waals surface area contributed by atoms with E-state index in [0.29, 0.717) is 13.2 Å². The van der Waals surface area contributed by atoms with Gasteiger partial charge >= 0.3 is 0 Å². The lowest BCUT2D eigenvalue weighted by Crippen LogP contribution is -2.25. The minimum absolute atomic E-state index is 0.236. The van der Waals surface area contributed by atoms with Crippen LogP contribution >= 0.6 is 0 Å². The molecule has 13 heavy (non-hydrogen) atoms. The number of fused-ring (bicyclic) bond motifs is 1. The molecular weight excluding hydrogens is 168 g/mol. The summed E-state index contributed by atoms with van der Waals surface area (Å²) in [6.07, 6.45) is 0.797. The Morgan fingerprint density at radius 3 is 2.62 bits per heavy atom. The Balaban J connectivity index is 2.16. The van der Waals surface area contributed by atoms with Gasteiger partial charge in [-0.15, -0.1) is 0 Å². The molecule has 0 bridgehead atoms. The van der Waals surface area contributed by atoms with Gasteiger partial charge in [0.1, 0.15) is 0 Å². The fourth-order valence-corrected chi connectivity index (χ4v) is 1.97. The van der Waals surface area contributed by atoms with Crippen LogP contribution in [0.5, 0.6) is 0 Å². The first-order valence-corrected chi connectivity index (χ1v) is 4.16. The minimum atomic E-state index is -1.10. The number of hydrogen-bond acceptors (Lipinski definition) is 4. The van der Waals surface area contributed by atoms with Crippen LogP contribution in [-0.4, -0.2) is 19.0 Å². The van der Waals surface area contributed by atoms with Crippen molar-refractivity contribution >= 4 is 5.78 Å². The molecule has 2 rings (SSSR count). The fraction of sp³-hybridized carbons (Fsp3) is 0.667. The van der Waals surface area contributed by atoms with E-state index in [1.54, 1.807) is 12.1 Å². The molecule has 0 aromatic heterocycles. The maximum absolute atomic E-state index is 11.6. The second-order valence-electron chi connectivity index (χ2n) is 3.63. The molecule has 0 radical (unpaired) electrons. The Kier molecular flexibility index (Phi) is 1.61. The van der Waals surface area contributed by atoms with Crippen molar-refractivity contribution in [2.45, 2.75) is 6.42 Å². The summed E-state index contributed by atoms with van der Waals surface area (Å²) in [4.78, 5) is 11.6. The van der Waals surface area contributed by atoms with E-state index in [2.05, 4.69) is 0 Å². The van der Waals surface area contributed by atoms with E-state index in [-0.39, 0.29) is 11.7 Å². The van der Waals surface area contributed by atoms with Crippen LogP contribution in [-0.2, 0) is 9.53 Å². The molecule has 2 aliphatic rings. The maximum Gasteiger partial charge on any atom is 0.191 e. The molecule has 2 unspecified atom stereocenters. The largest absolute Gasteiger partial charge is 0.380 e. The molecule has 66 valence electrons. The molecule has 1 aliphatic carbocycles. The first-order chi connectivity index (χ1) is 6.24. The number of ether oxygens (including phenoxy) is 1. The highest BCUT2D eigenvalue weighted by molar-refractivity contribution is 5.94. The third kappa shape index (κ3) is 0.961. The van der Waals surface area contributed by atoms with Crippen LogP contribution in [0.15, 0.2) is 0 Å². The summed E-state index contributed by atoms with van der Waals surface area (Å²) in [5, 5.41) is 17.1. The topological polar surface area (TPSA) is 73.9 Å². The van der Waals surface area contributed by atoms with Gasteiger partial charge in [0.2, 0.25) is 0 Å². The second kappa shape index (κ2) is 2.55. The number of rotatable bonds is 2. The molecule has 0 aromatic carbocycles. The van der Waals surface area contributed by atoms with Gasteiger partial charge in [0.15, 0.2) is 11.7 Å². The van der Waals surface area contributed by atoms with Crippen molar-refractivity contribution in [2.75, 3.05) is 13.2 Å². The van der Waals surface area contributed by atoms with E-state index < -0.39 is 11.3 Å². The smallest absolute Gasteiger partial charge is 0.191 e. The van der Waals surface area contributed by atoms with Crippen LogP contribution in [0.1, 0.15) is 6.42 Å². The molecule has 0 aromatic rings. The molecule has 2 fully saturated rings. The molecule has 1 saturated heterocycles. The first-order valence-electron chi connectivity index (χ1n) is 4.16. The molecule has 4 nitrogen and oxygen atoms in total. The average Bonchev–Trinajstić information content (AvgIpc) is 2.72. The fourth-order valence-electron chi connectivity index (χ4n) is 1.97. The Bertz CT molecular complexity index is 325. The predicted octanol–water partition coefficient (Wildman–Crippen LogP) is 0.255. The first kappa shape index (κ1) is 8.22. The number of carbonyl (C=O) groups excluding carboxylic acids is 1. The molecule has 2 atom stereocenters. The van der Waals surface area contributed by atoms with Gasteiger partial charge in [-0.3, -0.25) is 4.79 Å². The van der Waals surface area contributed by atoms with Crippen molar-refractivity contribution in [3.05, 3.63) is 0 Å². The number of Topliss-reactive ketones (excluding diaryl/α,β-unsaturated/α-hetero) is 1. The monoisotopic (exact) mass is 176 g/mol. The Labute approximate surface area is 75.7 Å². The summed E-state index contributed by atoms with van der Waals surface area (Å²) in [6.45, 7) is 1.01. The molecule has 1 heterocycles. The van der Waals surface area contributed by atoms with Crippen molar-refractivity contribution in [1.29, 1.82) is 10.5 Å². The molecule has 1 saturated carbocycles. The molecule has 0 N–H and O–H groups in total. The van der Waals surface area contributed by atoms with E-state index in [1.807, 2.05) is 0 Å². The van der Waals surface area contributed by atoms with Crippen molar-refractivity contribution < 1.29 is 9.53 Å². The van der Waals surface area contributed by atoms with Crippen molar-refractivity contribution in [2.24, 2.45) is 17.3 Å². The van der Waals surface area contributed by atoms with Crippen LogP contribution in [0.4, 0.5) is 0 Å². The number of carbonyl (C=O) groups is 1. The molecule has 4 heteroatoms. The normalized spacial score (nSPS) is 34.8. The maximum atomic E-state index is 11.6. The molecule has 0 amide bonds. The standard InChI is InChI=1S/C9H8N2O2/c10-2-6(3-11)8(12)9-1-7(9)4-13-5-9/h6-7H,1,4-5H2. The van der Waals surface area contributed by atoms with Gasteiger partial charge < -0.3 is 4.74 Å². The summed E-state index contributed by atoms with van der Waals surface area (Å²) in [7, 11) is 0. The van der Waals surface area contributed by atoms with E-state index >= 15 is 0 Å². The van der Waals surface area contributed by atoms with E-state index in [4.69, 9.17) is 15.3 Å². The zero-order chi connectivity index (χ0) is 9.47. The summed E-state index contributed by atoms with van der Waals surface area (Å²) in [6, 6.07) is 3.43. The highest BCUT2D eigenvalue weighted by Gasteiger charge is 2.64. The van der Waals surface area contributed by atoms with Crippen LogP contribution in [0.3, 0.4) is 0 Å². The highest BCUT2D eigenvalue weighted by Crippen LogP contribution is 2.58. The van der Waals surface area contributed by atoms with Crippen molar-refractivity contribution in [1.82, 2.24) is 0 Å². The van der Waals surface area contributed by atoms with Gasteiger partial charge in [-0.2, -0.15) is 10.5 Å². The summed E-state index contributed by atoms with van der Waals surface area (Å²) >= 11 is 0. The molecule has 0 spiro atoms. The quantitative estimate of drug-likeness (QED) is 0.604. The van der Waals surface area contributed by atoms with Gasteiger partial charge in [-0.1, -0.05) is 0 Å². The number of ketones is 1. The van der Waals surface area contributed by atoms with Gasteiger partial charge in [0.05, 0.1) is 30.8 Å². The minimum Gasteiger partial charge on any atom is -0.380 e. The van der Waals surface area contributed by atoms with Crippen molar-refractivity contribution in [3.8, 4) is 12.1 Å². The summed E-state index contributed by atoms with van der Waals surface area (Å²) in [5.41, 5.74) is -0.462. The Morgan fingerprint density at radius 1 is 1.54 bits per heavy atom. The number of nitriles is 2. The predicted molar refractivity (Wildman–Crippen MR) is 41.1 cm³/mol. The average molecular weight is 176 g/mol. The van der Waals surface area contributed by atoms with E-state index in [0.717, 1.165) is 6.42 Å². The van der Waals surface area contributed by atoms with Gasteiger partial charge in [0, 0.05) is 0 Å². The number of nitrogens with zero attached hydrogens (tertiary/aromatic N) is 2. The zero-order valence-corrected chi connectivity index (χ0v) is 6.99. The highest BCUT2D eigenvalue weighted by atomic mass is 16.5. The van der Waals surface area contributed by atoms with Gasteiger partial charge in [-0.05, 0) is 12.3 Å². The van der Waals surface area contributed by atoms with Crippen LogP contribution in [0.2, 0.25) is 0 Å². The third-order valence-electron chi connectivity index (χ3n) is 2.92. The summed E-state index contributed by atoms with van der Waals surface area (Å²) < 4.78 is 5.13. The van der Waals surface area contributed by atoms with Crippen LogP contribution < -0.4 is 0 Å². The van der Waals surface area contributed by atoms with Crippen LogP contribution in [0, 0.1) is 39.9 Å². The number of hydrogen-bond donors (Lipinski definition) is 0. The van der Waals surface area contributed by atoms with Crippen LogP contribution in [0.25, 0.3) is 0 Å². The van der Waals surface area contributed by atoms with Gasteiger partial charge in [-0.25, -0.2) is 0 Å². The molecule has 1 aliphatic heterocycles. The lowest BCUT2D eigenvalue weighted by molar-refractivity contribution is -0.125. The van der Waals surface area contributed by atoms with Crippen molar-refractivity contribution in [3.63, 3.8) is 0 Å².